The summed E-state index contributed by atoms with van der Waals surface area (Å²) < 4.78 is 16.9. The summed E-state index contributed by atoms with van der Waals surface area (Å²) in [6.07, 6.45) is 0. The van der Waals surface area contributed by atoms with Crippen LogP contribution in [-0.4, -0.2) is 50.5 Å². The molecule has 82 valence electrons. The molecule has 0 amide bonds. The summed E-state index contributed by atoms with van der Waals surface area (Å²) in [4.78, 5) is -0.0582. The molecule has 6 atom stereocenters. The maximum Gasteiger partial charge on any atom is 0.125 e. The van der Waals surface area contributed by atoms with Crippen molar-refractivity contribution in [2.75, 3.05) is 20.8 Å². The second-order valence-corrected chi connectivity index (χ2v) is 6.10. The molecule has 5 heteroatoms. The predicted octanol–water partition coefficient (Wildman–Crippen LogP) is 0.620. The Morgan fingerprint density at radius 3 is 2.80 bits per heavy atom. The van der Waals surface area contributed by atoms with Crippen LogP contribution < -0.4 is 0 Å². The highest BCUT2D eigenvalue weighted by molar-refractivity contribution is 8.02. The number of rotatable bonds is 3. The van der Waals surface area contributed by atoms with E-state index in [1.165, 1.54) is 0 Å². The van der Waals surface area contributed by atoms with Crippen LogP contribution in [0.1, 0.15) is 6.92 Å². The highest BCUT2D eigenvalue weighted by Crippen LogP contribution is 2.76. The van der Waals surface area contributed by atoms with E-state index >= 15 is 0 Å². The first-order valence-electron chi connectivity index (χ1n) is 5.27. The normalized spacial score (nSPS) is 60.7. The van der Waals surface area contributed by atoms with Crippen LogP contribution in [0.5, 0.6) is 0 Å². The molecule has 0 aromatic heterocycles. The summed E-state index contributed by atoms with van der Waals surface area (Å²) in [5.74, 6) is 0.750. The highest BCUT2D eigenvalue weighted by atomic mass is 32.2. The first-order valence-corrected chi connectivity index (χ1v) is 6.15. The van der Waals surface area contributed by atoms with Crippen LogP contribution >= 0.6 is 11.8 Å². The quantitative estimate of drug-likeness (QED) is 0.659. The molecule has 0 spiro atoms. The van der Waals surface area contributed by atoms with Gasteiger partial charge in [0, 0.05) is 37.3 Å². The van der Waals surface area contributed by atoms with Crippen molar-refractivity contribution in [3.63, 3.8) is 0 Å². The van der Waals surface area contributed by atoms with E-state index < -0.39 is 0 Å². The second kappa shape index (κ2) is 2.94. The standard InChI is InChI=1S/C10H15BO3S/c1-5-9(4-12-2)7-6(8(11)14-9)15-10(5,7)13-3/h5-8H,4H2,1-3H3/t5?,6?,7?,8-,9+,10?/m1/s1. The van der Waals surface area contributed by atoms with Crippen LogP contribution in [0.25, 0.3) is 0 Å². The van der Waals surface area contributed by atoms with Gasteiger partial charge in [-0.3, -0.25) is 0 Å². The molecular formula is C10H15BO3S. The summed E-state index contributed by atoms with van der Waals surface area (Å²) in [6, 6.07) is -0.164. The molecule has 2 aliphatic heterocycles. The van der Waals surface area contributed by atoms with Gasteiger partial charge in [0.2, 0.25) is 0 Å². The minimum atomic E-state index is -0.194. The van der Waals surface area contributed by atoms with E-state index in [4.69, 9.17) is 22.1 Å². The van der Waals surface area contributed by atoms with Gasteiger partial charge in [-0.15, -0.1) is 11.8 Å². The van der Waals surface area contributed by atoms with Crippen molar-refractivity contribution in [1.29, 1.82) is 0 Å². The van der Waals surface area contributed by atoms with E-state index in [0.717, 1.165) is 0 Å². The lowest BCUT2D eigenvalue weighted by atomic mass is 9.57. The Morgan fingerprint density at radius 2 is 2.20 bits per heavy atom. The molecule has 3 aliphatic rings. The summed E-state index contributed by atoms with van der Waals surface area (Å²) in [7, 11) is 9.46. The van der Waals surface area contributed by atoms with Gasteiger partial charge in [0.25, 0.3) is 0 Å². The zero-order valence-corrected chi connectivity index (χ0v) is 10.0. The first kappa shape index (κ1) is 10.4. The Balaban J connectivity index is 1.92. The highest BCUT2D eigenvalue weighted by Gasteiger charge is 2.84. The first-order chi connectivity index (χ1) is 7.12. The van der Waals surface area contributed by atoms with Crippen molar-refractivity contribution in [3.8, 4) is 0 Å². The third-order valence-electron chi connectivity index (χ3n) is 4.31. The molecule has 1 saturated carbocycles. The molecule has 3 rings (SSSR count). The van der Waals surface area contributed by atoms with Gasteiger partial charge in [0.1, 0.15) is 18.4 Å². The molecule has 0 N–H and O–H groups in total. The molecule has 3 nitrogen and oxygen atoms in total. The SMILES string of the molecule is [B][C@@H]1O[C@@]2(COC)C(C)C3(OC)SC1C32. The lowest BCUT2D eigenvalue weighted by Crippen LogP contribution is -2.79. The molecule has 15 heavy (non-hydrogen) atoms. The van der Waals surface area contributed by atoms with Gasteiger partial charge in [0.05, 0.1) is 6.61 Å². The Morgan fingerprint density at radius 1 is 1.47 bits per heavy atom. The van der Waals surface area contributed by atoms with Crippen LogP contribution in [0.2, 0.25) is 0 Å². The third kappa shape index (κ3) is 0.889. The van der Waals surface area contributed by atoms with Crippen molar-refractivity contribution in [1.82, 2.24) is 0 Å². The average molecular weight is 226 g/mol. The van der Waals surface area contributed by atoms with Gasteiger partial charge < -0.3 is 14.2 Å². The van der Waals surface area contributed by atoms with Gasteiger partial charge in [-0.2, -0.15) is 0 Å². The van der Waals surface area contributed by atoms with Crippen LogP contribution in [0, 0.1) is 11.8 Å². The van der Waals surface area contributed by atoms with Crippen LogP contribution in [0.3, 0.4) is 0 Å². The van der Waals surface area contributed by atoms with E-state index in [1.54, 1.807) is 14.2 Å². The van der Waals surface area contributed by atoms with Crippen molar-refractivity contribution in [3.05, 3.63) is 0 Å². The topological polar surface area (TPSA) is 27.7 Å². The van der Waals surface area contributed by atoms with Crippen LogP contribution in [-0.2, 0) is 14.2 Å². The van der Waals surface area contributed by atoms with E-state index in [2.05, 4.69) is 6.92 Å². The predicted molar refractivity (Wildman–Crippen MR) is 59.0 cm³/mol. The third-order valence-corrected chi connectivity index (χ3v) is 6.27. The monoisotopic (exact) mass is 226 g/mol. The van der Waals surface area contributed by atoms with Crippen molar-refractivity contribution in [2.45, 2.75) is 28.7 Å². The summed E-state index contributed by atoms with van der Waals surface area (Å²) in [5, 5.41) is 0.385. The number of thioether (sulfide) groups is 1. The Labute approximate surface area is 95.6 Å². The number of hydrogen-bond donors (Lipinski definition) is 0. The van der Waals surface area contributed by atoms with E-state index in [-0.39, 0.29) is 16.5 Å². The average Bonchev–Trinajstić information content (AvgIpc) is 2.30. The fraction of sp³-hybridized carbons (Fsp3) is 1.00. The largest absolute Gasteiger partial charge is 0.382 e. The molecule has 3 fully saturated rings. The molecule has 2 radical (unpaired) electrons. The molecule has 0 aromatic rings. The van der Waals surface area contributed by atoms with Crippen molar-refractivity contribution >= 4 is 19.6 Å². The minimum absolute atomic E-state index is 0.0582. The number of methoxy groups -OCH3 is 2. The smallest absolute Gasteiger partial charge is 0.125 e. The Kier molecular flexibility index (Phi) is 2.05. The van der Waals surface area contributed by atoms with Crippen molar-refractivity contribution < 1.29 is 14.2 Å². The lowest BCUT2D eigenvalue weighted by molar-refractivity contribution is -0.257. The maximum absolute atomic E-state index is 5.97. The molecule has 0 aromatic carbocycles. The molecule has 1 aliphatic carbocycles. The van der Waals surface area contributed by atoms with Gasteiger partial charge in [-0.25, -0.2) is 0 Å². The summed E-state index contributed by atoms with van der Waals surface area (Å²) in [6.45, 7) is 2.79. The van der Waals surface area contributed by atoms with E-state index in [0.29, 0.717) is 23.7 Å². The lowest BCUT2D eigenvalue weighted by Gasteiger charge is -2.69. The Hall–Kier alpha value is 0.295. The fourth-order valence-electron chi connectivity index (χ4n) is 3.59. The van der Waals surface area contributed by atoms with Crippen molar-refractivity contribution in [2.24, 2.45) is 11.8 Å². The molecule has 4 unspecified atom stereocenters. The molecular weight excluding hydrogens is 211 g/mol. The van der Waals surface area contributed by atoms with Crippen LogP contribution in [0.15, 0.2) is 0 Å². The number of hydrogen-bond acceptors (Lipinski definition) is 4. The molecule has 2 saturated heterocycles. The van der Waals surface area contributed by atoms with Gasteiger partial charge in [0.15, 0.2) is 0 Å². The second-order valence-electron chi connectivity index (χ2n) is 4.68. The van der Waals surface area contributed by atoms with E-state index in [1.807, 2.05) is 11.8 Å². The maximum atomic E-state index is 5.97. The number of ether oxygens (including phenoxy) is 3. The van der Waals surface area contributed by atoms with Crippen LogP contribution in [0.4, 0.5) is 0 Å². The van der Waals surface area contributed by atoms with Gasteiger partial charge in [-0.05, 0) is 0 Å². The van der Waals surface area contributed by atoms with Gasteiger partial charge >= 0.3 is 0 Å². The summed E-state index contributed by atoms with van der Waals surface area (Å²) in [5.41, 5.74) is -0.194. The van der Waals surface area contributed by atoms with Gasteiger partial charge in [-0.1, -0.05) is 6.92 Å². The molecule has 0 bridgehead atoms. The van der Waals surface area contributed by atoms with E-state index in [9.17, 15) is 0 Å². The minimum Gasteiger partial charge on any atom is -0.382 e. The fourth-order valence-corrected chi connectivity index (χ4v) is 5.54. The zero-order valence-electron chi connectivity index (χ0n) is 9.23. The Bertz CT molecular complexity index is 302. The summed E-state index contributed by atoms with van der Waals surface area (Å²) >= 11 is 1.83. The zero-order chi connectivity index (χ0) is 10.8. The molecule has 2 heterocycles.